The van der Waals surface area contributed by atoms with Crippen molar-refractivity contribution in [1.82, 2.24) is 15.5 Å². The van der Waals surface area contributed by atoms with Crippen LogP contribution in [-0.4, -0.2) is 37.9 Å². The Morgan fingerprint density at radius 2 is 1.63 bits per heavy atom. The number of benzene rings is 2. The minimum Gasteiger partial charge on any atom is -0.352 e. The average molecular weight is 538 g/mol. The molecule has 0 saturated carbocycles. The fourth-order valence-corrected chi connectivity index (χ4v) is 2.58. The third-order valence-electron chi connectivity index (χ3n) is 4.11. The van der Waals surface area contributed by atoms with Gasteiger partial charge in [-0.05, 0) is 35.4 Å². The van der Waals surface area contributed by atoms with Crippen LogP contribution < -0.4 is 10.6 Å². The summed E-state index contributed by atoms with van der Waals surface area (Å²) in [6.07, 6.45) is -4.65. The molecule has 0 heterocycles. The number of guanidine groups is 1. The van der Waals surface area contributed by atoms with Crippen LogP contribution in [0.1, 0.15) is 27.0 Å². The molecule has 2 rings (SSSR count). The van der Waals surface area contributed by atoms with Crippen LogP contribution in [0.3, 0.4) is 0 Å². The van der Waals surface area contributed by atoms with Crippen LogP contribution >= 0.6 is 24.0 Å². The molecule has 0 unspecified atom stereocenters. The first kappa shape index (κ1) is 25.7. The lowest BCUT2D eigenvalue weighted by atomic mass is 10.1. The van der Waals surface area contributed by atoms with Crippen LogP contribution in [0, 0.1) is 5.82 Å². The summed E-state index contributed by atoms with van der Waals surface area (Å²) in [6.45, 7) is 0.177. The van der Waals surface area contributed by atoms with E-state index in [1.807, 2.05) is 0 Å². The largest absolute Gasteiger partial charge is 0.416 e. The molecule has 0 radical (unpaired) electrons. The monoisotopic (exact) mass is 538 g/mol. The van der Waals surface area contributed by atoms with Gasteiger partial charge in [-0.25, -0.2) is 4.39 Å². The molecule has 0 aliphatic rings. The van der Waals surface area contributed by atoms with Gasteiger partial charge in [0.2, 0.25) is 0 Å². The van der Waals surface area contributed by atoms with E-state index in [4.69, 9.17) is 0 Å². The number of rotatable bonds is 5. The lowest BCUT2D eigenvalue weighted by Gasteiger charge is -2.16. The maximum absolute atomic E-state index is 13.2. The second kappa shape index (κ2) is 11.1. The number of carbonyl (C=O) groups is 1. The minimum atomic E-state index is -4.65. The number of hydrogen-bond donors (Lipinski definition) is 2. The van der Waals surface area contributed by atoms with Gasteiger partial charge in [0, 0.05) is 39.8 Å². The summed E-state index contributed by atoms with van der Waals surface area (Å²) in [7, 11) is 4.82. The Balaban J connectivity index is 0.00000450. The first-order valence-electron chi connectivity index (χ1n) is 8.72. The predicted octanol–water partition coefficient (Wildman–Crippen LogP) is 4.03. The van der Waals surface area contributed by atoms with Crippen molar-refractivity contribution in [3.63, 3.8) is 0 Å². The highest BCUT2D eigenvalue weighted by atomic mass is 127. The zero-order valence-electron chi connectivity index (χ0n) is 16.7. The van der Waals surface area contributed by atoms with E-state index in [9.17, 15) is 22.4 Å². The molecule has 164 valence electrons. The Morgan fingerprint density at radius 1 is 1.03 bits per heavy atom. The predicted molar refractivity (Wildman–Crippen MR) is 118 cm³/mol. The minimum absolute atomic E-state index is 0. The Labute approximate surface area is 189 Å². The van der Waals surface area contributed by atoms with E-state index >= 15 is 0 Å². The van der Waals surface area contributed by atoms with Gasteiger partial charge in [-0.3, -0.25) is 9.79 Å². The number of carbonyl (C=O) groups excluding carboxylic acids is 1. The summed E-state index contributed by atoms with van der Waals surface area (Å²) >= 11 is 0. The number of nitrogens with zero attached hydrogens (tertiary/aromatic N) is 2. The quantitative estimate of drug-likeness (QED) is 0.262. The molecule has 2 N–H and O–H groups in total. The van der Waals surface area contributed by atoms with Gasteiger partial charge in [0.25, 0.3) is 5.91 Å². The maximum atomic E-state index is 13.2. The van der Waals surface area contributed by atoms with Crippen LogP contribution in [0.4, 0.5) is 17.6 Å². The third kappa shape index (κ3) is 7.15. The van der Waals surface area contributed by atoms with Gasteiger partial charge in [-0.2, -0.15) is 13.2 Å². The SMILES string of the molecule is CN=C(NCc1ccc(C(=O)N(C)C)cc1)NCc1ccc(F)cc1C(F)(F)F.I. The van der Waals surface area contributed by atoms with Crippen molar-refractivity contribution >= 4 is 35.8 Å². The van der Waals surface area contributed by atoms with Crippen LogP contribution in [0.5, 0.6) is 0 Å². The number of nitrogens with one attached hydrogen (secondary N) is 2. The van der Waals surface area contributed by atoms with E-state index in [1.165, 1.54) is 11.9 Å². The average Bonchev–Trinajstić information content (AvgIpc) is 2.68. The second-order valence-electron chi connectivity index (χ2n) is 6.48. The molecule has 0 aliphatic heterocycles. The molecule has 2 aromatic carbocycles. The number of alkyl halides is 3. The van der Waals surface area contributed by atoms with Crippen molar-refractivity contribution in [3.8, 4) is 0 Å². The van der Waals surface area contributed by atoms with E-state index in [-0.39, 0.29) is 48.0 Å². The molecule has 0 bridgehead atoms. The molecule has 5 nitrogen and oxygen atoms in total. The molecule has 0 saturated heterocycles. The van der Waals surface area contributed by atoms with Gasteiger partial charge in [0.1, 0.15) is 5.82 Å². The first-order valence-corrected chi connectivity index (χ1v) is 8.72. The number of amides is 1. The Morgan fingerprint density at radius 3 is 2.17 bits per heavy atom. The van der Waals surface area contributed by atoms with Gasteiger partial charge >= 0.3 is 6.18 Å². The molecular formula is C20H23F4IN4O. The van der Waals surface area contributed by atoms with E-state index < -0.39 is 17.6 Å². The van der Waals surface area contributed by atoms with Crippen molar-refractivity contribution in [2.45, 2.75) is 19.3 Å². The van der Waals surface area contributed by atoms with E-state index in [1.54, 1.807) is 38.4 Å². The van der Waals surface area contributed by atoms with Crippen LogP contribution in [0.2, 0.25) is 0 Å². The molecule has 10 heteroatoms. The van der Waals surface area contributed by atoms with Crippen LogP contribution in [0.15, 0.2) is 47.5 Å². The molecule has 0 fully saturated rings. The highest BCUT2D eigenvalue weighted by molar-refractivity contribution is 14.0. The molecule has 2 aromatic rings. The van der Waals surface area contributed by atoms with E-state index in [0.29, 0.717) is 18.2 Å². The van der Waals surface area contributed by atoms with Gasteiger partial charge in [0.05, 0.1) is 5.56 Å². The van der Waals surface area contributed by atoms with Gasteiger partial charge in [-0.1, -0.05) is 18.2 Å². The molecule has 30 heavy (non-hydrogen) atoms. The van der Waals surface area contributed by atoms with Crippen LogP contribution in [-0.2, 0) is 19.3 Å². The summed E-state index contributed by atoms with van der Waals surface area (Å²) in [5.41, 5.74) is 0.299. The Kier molecular flexibility index (Phi) is 9.53. The summed E-state index contributed by atoms with van der Waals surface area (Å²) in [5.74, 6) is -0.766. The smallest absolute Gasteiger partial charge is 0.352 e. The molecule has 0 aliphatic carbocycles. The van der Waals surface area contributed by atoms with Crippen LogP contribution in [0.25, 0.3) is 0 Å². The van der Waals surface area contributed by atoms with Gasteiger partial charge in [-0.15, -0.1) is 24.0 Å². The number of aliphatic imine (C=N–C) groups is 1. The van der Waals surface area contributed by atoms with Gasteiger partial charge in [0.15, 0.2) is 5.96 Å². The molecule has 0 aromatic heterocycles. The molecular weight excluding hydrogens is 515 g/mol. The summed E-state index contributed by atoms with van der Waals surface area (Å²) in [4.78, 5) is 17.3. The Hall–Kier alpha value is -2.37. The number of halogens is 5. The van der Waals surface area contributed by atoms with E-state index in [2.05, 4.69) is 15.6 Å². The molecule has 0 atom stereocenters. The number of hydrogen-bond acceptors (Lipinski definition) is 2. The lowest BCUT2D eigenvalue weighted by Crippen LogP contribution is -2.36. The maximum Gasteiger partial charge on any atom is 0.416 e. The van der Waals surface area contributed by atoms with E-state index in [0.717, 1.165) is 17.7 Å². The second-order valence-corrected chi connectivity index (χ2v) is 6.48. The summed E-state index contributed by atoms with van der Waals surface area (Å²) in [5, 5.41) is 5.77. The fourth-order valence-electron chi connectivity index (χ4n) is 2.58. The third-order valence-corrected chi connectivity index (χ3v) is 4.11. The zero-order chi connectivity index (χ0) is 21.6. The molecule has 0 spiro atoms. The topological polar surface area (TPSA) is 56.7 Å². The lowest BCUT2D eigenvalue weighted by molar-refractivity contribution is -0.138. The van der Waals surface area contributed by atoms with Crippen molar-refractivity contribution in [2.75, 3.05) is 21.1 Å². The van der Waals surface area contributed by atoms with Crippen molar-refractivity contribution in [1.29, 1.82) is 0 Å². The highest BCUT2D eigenvalue weighted by Crippen LogP contribution is 2.32. The van der Waals surface area contributed by atoms with Crippen molar-refractivity contribution in [2.24, 2.45) is 4.99 Å². The summed E-state index contributed by atoms with van der Waals surface area (Å²) < 4.78 is 52.4. The standard InChI is InChI=1S/C20H22F4N4O.HI/c1-25-19(26-11-13-4-6-14(7-5-13)18(29)28(2)3)27-12-15-8-9-16(21)10-17(15)20(22,23)24;/h4-10H,11-12H2,1-3H3,(H2,25,26,27);1H. The summed E-state index contributed by atoms with van der Waals surface area (Å²) in [6, 6.07) is 9.51. The van der Waals surface area contributed by atoms with Crippen molar-refractivity contribution < 1.29 is 22.4 Å². The Bertz CT molecular complexity index is 883. The normalized spacial score (nSPS) is 11.5. The molecule has 1 amide bonds. The zero-order valence-corrected chi connectivity index (χ0v) is 19.0. The first-order chi connectivity index (χ1) is 13.6. The fraction of sp³-hybridized carbons (Fsp3) is 0.300. The van der Waals surface area contributed by atoms with Gasteiger partial charge < -0.3 is 15.5 Å². The highest BCUT2D eigenvalue weighted by Gasteiger charge is 2.33. The van der Waals surface area contributed by atoms with Crippen molar-refractivity contribution in [3.05, 3.63) is 70.5 Å².